The van der Waals surface area contributed by atoms with Crippen LogP contribution in [0.25, 0.3) is 0 Å². The van der Waals surface area contributed by atoms with Crippen molar-refractivity contribution in [1.82, 2.24) is 0 Å². The highest BCUT2D eigenvalue weighted by atomic mass is 28.3. The van der Waals surface area contributed by atoms with Crippen molar-refractivity contribution in [3.63, 3.8) is 0 Å². The molecule has 0 spiro atoms. The van der Waals surface area contributed by atoms with Crippen LogP contribution in [0, 0.1) is 23.2 Å². The van der Waals surface area contributed by atoms with Gasteiger partial charge in [0, 0.05) is 0 Å². The molecule has 1 saturated carbocycles. The van der Waals surface area contributed by atoms with Crippen molar-refractivity contribution in [2.45, 2.75) is 84.6 Å². The summed E-state index contributed by atoms with van der Waals surface area (Å²) in [6.07, 6.45) is 2.45. The summed E-state index contributed by atoms with van der Waals surface area (Å²) in [4.78, 5) is 24.2. The third kappa shape index (κ3) is 4.49. The summed E-state index contributed by atoms with van der Waals surface area (Å²) in [5.74, 6) is -4.63. The van der Waals surface area contributed by atoms with E-state index < -0.39 is 44.0 Å². The minimum absolute atomic E-state index is 0.0985. The van der Waals surface area contributed by atoms with Crippen LogP contribution >= 0.6 is 0 Å². The first-order chi connectivity index (χ1) is 11.7. The molecule has 26 heavy (non-hydrogen) atoms. The molecular formula is C19H36O6Si. The Bertz CT molecular complexity index is 517. The second-order valence-corrected chi connectivity index (χ2v) is 11.8. The Morgan fingerprint density at radius 3 is 1.85 bits per heavy atom. The van der Waals surface area contributed by atoms with Crippen LogP contribution in [0.15, 0.2) is 0 Å². The van der Waals surface area contributed by atoms with Crippen molar-refractivity contribution in [3.05, 3.63) is 0 Å². The molecule has 0 aromatic heterocycles. The van der Waals surface area contributed by atoms with Crippen LogP contribution < -0.4 is 0 Å². The topological polar surface area (TPSA) is 104 Å². The smallest absolute Gasteiger partial charge is 0.336 e. The zero-order chi connectivity index (χ0) is 20.5. The largest absolute Gasteiger partial charge is 0.481 e. The summed E-state index contributed by atoms with van der Waals surface area (Å²) >= 11 is 0. The summed E-state index contributed by atoms with van der Waals surface area (Å²) < 4.78 is 6.24. The maximum atomic E-state index is 12.2. The number of rotatable bonds is 7. The lowest BCUT2D eigenvalue weighted by molar-refractivity contribution is -0.203. The van der Waals surface area contributed by atoms with Gasteiger partial charge in [0.2, 0.25) is 0 Å². The molecule has 3 N–H and O–H groups in total. The van der Waals surface area contributed by atoms with Crippen LogP contribution in [0.1, 0.15) is 60.3 Å². The summed E-state index contributed by atoms with van der Waals surface area (Å²) in [5.41, 5.74) is -3.41. The number of hydrogen-bond donors (Lipinski definition) is 3. The van der Waals surface area contributed by atoms with Gasteiger partial charge < -0.3 is 19.7 Å². The Morgan fingerprint density at radius 1 is 1.12 bits per heavy atom. The van der Waals surface area contributed by atoms with Gasteiger partial charge in [-0.2, -0.15) is 0 Å². The Balaban J connectivity index is 3.40. The first kappa shape index (κ1) is 23.1. The molecule has 0 heterocycles. The highest BCUT2D eigenvalue weighted by Gasteiger charge is 2.61. The van der Waals surface area contributed by atoms with Crippen molar-refractivity contribution >= 4 is 21.0 Å². The van der Waals surface area contributed by atoms with E-state index >= 15 is 0 Å². The van der Waals surface area contributed by atoms with Gasteiger partial charge in [-0.3, -0.25) is 4.79 Å². The van der Waals surface area contributed by atoms with Gasteiger partial charge in [0.1, 0.15) is 5.92 Å². The number of aliphatic carboxylic acids is 2. The molecule has 2 atom stereocenters. The summed E-state index contributed by atoms with van der Waals surface area (Å²) in [7, 11) is -1.67. The molecule has 0 aromatic carbocycles. The van der Waals surface area contributed by atoms with E-state index in [0.717, 1.165) is 12.8 Å². The number of carbonyl (C=O) groups is 2. The van der Waals surface area contributed by atoms with Crippen molar-refractivity contribution < 1.29 is 29.3 Å². The lowest BCUT2D eigenvalue weighted by Crippen LogP contribution is -2.64. The van der Waals surface area contributed by atoms with E-state index in [4.69, 9.17) is 4.43 Å². The van der Waals surface area contributed by atoms with Crippen LogP contribution in [0.4, 0.5) is 0 Å². The molecule has 0 radical (unpaired) electrons. The maximum Gasteiger partial charge on any atom is 0.336 e. The Labute approximate surface area is 158 Å². The van der Waals surface area contributed by atoms with E-state index in [9.17, 15) is 24.9 Å². The van der Waals surface area contributed by atoms with E-state index in [1.54, 1.807) is 13.8 Å². The summed E-state index contributed by atoms with van der Waals surface area (Å²) in [5, 5.41) is 30.7. The molecule has 1 aliphatic rings. The zero-order valence-electron chi connectivity index (χ0n) is 17.2. The van der Waals surface area contributed by atoms with Crippen LogP contribution in [0.3, 0.4) is 0 Å². The lowest BCUT2D eigenvalue weighted by atomic mass is 9.61. The van der Waals surface area contributed by atoms with Gasteiger partial charge in [0.15, 0.2) is 14.6 Å². The number of hydrogen-bond acceptors (Lipinski definition) is 4. The summed E-state index contributed by atoms with van der Waals surface area (Å²) in [6, 6.07) is 0. The van der Waals surface area contributed by atoms with Crippen molar-refractivity contribution in [1.29, 1.82) is 0 Å². The van der Waals surface area contributed by atoms with Crippen molar-refractivity contribution in [3.8, 4) is 0 Å². The Kier molecular flexibility index (Phi) is 7.10. The van der Waals surface area contributed by atoms with E-state index in [1.807, 2.05) is 13.1 Å². The quantitative estimate of drug-likeness (QED) is 0.579. The van der Waals surface area contributed by atoms with E-state index in [-0.39, 0.29) is 5.41 Å². The number of carboxylic acid groups (broad SMARTS) is 2. The van der Waals surface area contributed by atoms with Gasteiger partial charge in [0.05, 0.1) is 5.60 Å². The summed E-state index contributed by atoms with van der Waals surface area (Å²) in [6.45, 7) is 13.5. The minimum atomic E-state index is -2.37. The first-order valence-corrected chi connectivity index (χ1v) is 12.3. The third-order valence-electron chi connectivity index (χ3n) is 5.96. The van der Waals surface area contributed by atoms with Gasteiger partial charge >= 0.3 is 11.9 Å². The van der Waals surface area contributed by atoms with Crippen molar-refractivity contribution in [2.24, 2.45) is 23.2 Å². The normalized spacial score (nSPS) is 28.0. The van der Waals surface area contributed by atoms with E-state index in [0.29, 0.717) is 18.8 Å². The molecule has 0 aliphatic heterocycles. The molecule has 0 saturated heterocycles. The minimum Gasteiger partial charge on any atom is -0.481 e. The van der Waals surface area contributed by atoms with E-state index in [1.165, 1.54) is 0 Å². The average molecular weight is 389 g/mol. The lowest BCUT2D eigenvalue weighted by Gasteiger charge is -2.51. The van der Waals surface area contributed by atoms with Gasteiger partial charge in [-0.1, -0.05) is 34.6 Å². The van der Waals surface area contributed by atoms with Crippen LogP contribution in [0.5, 0.6) is 0 Å². The molecule has 0 amide bonds. The van der Waals surface area contributed by atoms with Crippen molar-refractivity contribution in [2.75, 3.05) is 0 Å². The van der Waals surface area contributed by atoms with E-state index in [2.05, 4.69) is 20.8 Å². The molecule has 0 aromatic rings. The maximum absolute atomic E-state index is 12.2. The van der Waals surface area contributed by atoms with Gasteiger partial charge in [0.25, 0.3) is 0 Å². The van der Waals surface area contributed by atoms with Gasteiger partial charge in [-0.25, -0.2) is 4.79 Å². The number of carboxylic acids is 2. The molecule has 6 nitrogen and oxygen atoms in total. The first-order valence-electron chi connectivity index (χ1n) is 9.55. The highest BCUT2D eigenvalue weighted by Crippen LogP contribution is 2.50. The molecular weight excluding hydrogens is 352 g/mol. The van der Waals surface area contributed by atoms with Gasteiger partial charge in [-0.15, -0.1) is 0 Å². The standard InChI is InChI=1S/C19H36O6Si/c1-12(2)19(24,16(22)23)14(15(20)21)18(25-26(6)7)10-8-13(9-11-18)17(3,4)5/h12-14,24,26H,8-11H2,1-7H3,(H,20,21)(H,22,23). The Hall–Kier alpha value is -0.923. The predicted octanol–water partition coefficient (Wildman–Crippen LogP) is 3.13. The Morgan fingerprint density at radius 2 is 1.58 bits per heavy atom. The van der Waals surface area contributed by atoms with Crippen LogP contribution in [-0.4, -0.2) is 47.5 Å². The third-order valence-corrected chi connectivity index (χ3v) is 6.90. The molecule has 0 bridgehead atoms. The molecule has 2 unspecified atom stereocenters. The molecule has 1 rings (SSSR count). The highest BCUT2D eigenvalue weighted by molar-refractivity contribution is 6.48. The number of aliphatic hydroxyl groups is 1. The molecule has 7 heteroatoms. The van der Waals surface area contributed by atoms with Gasteiger partial charge in [-0.05, 0) is 56.0 Å². The van der Waals surface area contributed by atoms with Crippen LogP contribution in [-0.2, 0) is 14.0 Å². The molecule has 1 aliphatic carbocycles. The average Bonchev–Trinajstić information content (AvgIpc) is 2.44. The van der Waals surface area contributed by atoms with Crippen LogP contribution in [0.2, 0.25) is 13.1 Å². The molecule has 152 valence electrons. The fraction of sp³-hybridized carbons (Fsp3) is 0.895. The predicted molar refractivity (Wildman–Crippen MR) is 103 cm³/mol. The second-order valence-electron chi connectivity index (χ2n) is 9.43. The molecule has 1 fully saturated rings. The SMILES string of the molecule is CC(C)C(O)(C(=O)O)C(C(=O)O)C1(O[SiH](C)C)CCC(C(C)(C)C)CC1. The fourth-order valence-corrected chi connectivity index (χ4v) is 5.75. The monoisotopic (exact) mass is 388 g/mol. The fourth-order valence-electron chi connectivity index (χ4n) is 4.43. The zero-order valence-corrected chi connectivity index (χ0v) is 18.4. The second kappa shape index (κ2) is 7.98.